The standard InChI is InChI=1S/C27H29ClN4O6/c1-27(2,3)38-26(35)31(17-20-8-6-14-36-20)13-12-24(33)29-30-25(34)32-16-18-7-4-5-9-22(18)37-23-11-10-19(28)15-21(23)32/h4-11,14-15H,12-13,16-17H2,1-3H3,(H,29,33)(H,30,34). The van der Waals surface area contributed by atoms with Gasteiger partial charge in [0.15, 0.2) is 5.75 Å². The van der Waals surface area contributed by atoms with E-state index in [4.69, 9.17) is 25.5 Å². The zero-order chi connectivity index (χ0) is 27.3. The predicted octanol–water partition coefficient (Wildman–Crippen LogP) is 5.61. The molecule has 38 heavy (non-hydrogen) atoms. The third-order valence-electron chi connectivity index (χ3n) is 5.47. The van der Waals surface area contributed by atoms with E-state index >= 15 is 0 Å². The Bertz CT molecular complexity index is 1310. The normalized spacial score (nSPS) is 12.4. The molecule has 11 heteroatoms. The Labute approximate surface area is 225 Å². The molecule has 0 unspecified atom stereocenters. The predicted molar refractivity (Wildman–Crippen MR) is 141 cm³/mol. The molecule has 2 N–H and O–H groups in total. The topological polar surface area (TPSA) is 113 Å². The molecule has 1 aromatic heterocycles. The second-order valence-electron chi connectivity index (χ2n) is 9.62. The maximum atomic E-state index is 13.2. The number of urea groups is 1. The zero-order valence-electron chi connectivity index (χ0n) is 21.3. The first-order valence-corrected chi connectivity index (χ1v) is 12.4. The van der Waals surface area contributed by atoms with Gasteiger partial charge in [0, 0.05) is 23.6 Å². The highest BCUT2D eigenvalue weighted by Gasteiger charge is 2.27. The van der Waals surface area contributed by atoms with Crippen molar-refractivity contribution in [1.82, 2.24) is 15.8 Å². The van der Waals surface area contributed by atoms with Crippen molar-refractivity contribution in [2.75, 3.05) is 11.4 Å². The molecule has 0 bridgehead atoms. The van der Waals surface area contributed by atoms with E-state index in [1.807, 2.05) is 24.3 Å². The SMILES string of the molecule is CC(C)(C)OC(=O)N(CCC(=O)NNC(=O)N1Cc2ccccc2Oc2ccc(Cl)cc21)Cc1ccco1. The lowest BCUT2D eigenvalue weighted by molar-refractivity contribution is -0.122. The van der Waals surface area contributed by atoms with Crippen LogP contribution in [-0.2, 0) is 22.6 Å². The molecule has 200 valence electrons. The van der Waals surface area contributed by atoms with Crippen LogP contribution in [0, 0.1) is 0 Å². The number of hydrogen-bond donors (Lipinski definition) is 2. The summed E-state index contributed by atoms with van der Waals surface area (Å²) < 4.78 is 16.8. The molecular formula is C27H29ClN4O6. The van der Waals surface area contributed by atoms with Crippen LogP contribution in [0.2, 0.25) is 5.02 Å². The Kier molecular flexibility index (Phi) is 8.11. The first-order valence-electron chi connectivity index (χ1n) is 12.0. The number of hydrazine groups is 1. The molecule has 0 saturated heterocycles. The average molecular weight is 541 g/mol. The lowest BCUT2D eigenvalue weighted by atomic mass is 10.2. The lowest BCUT2D eigenvalue weighted by Crippen LogP contribution is -2.49. The third-order valence-corrected chi connectivity index (χ3v) is 5.71. The van der Waals surface area contributed by atoms with E-state index in [1.54, 1.807) is 51.1 Å². The summed E-state index contributed by atoms with van der Waals surface area (Å²) >= 11 is 6.19. The molecule has 4 amide bonds. The van der Waals surface area contributed by atoms with Crippen molar-refractivity contribution >= 4 is 35.3 Å². The number of hydrogen-bond acceptors (Lipinski definition) is 6. The van der Waals surface area contributed by atoms with Gasteiger partial charge < -0.3 is 18.8 Å². The van der Waals surface area contributed by atoms with E-state index in [1.165, 1.54) is 16.1 Å². The van der Waals surface area contributed by atoms with E-state index in [0.29, 0.717) is 28.0 Å². The maximum Gasteiger partial charge on any atom is 0.410 e. The highest BCUT2D eigenvalue weighted by atomic mass is 35.5. The van der Waals surface area contributed by atoms with Gasteiger partial charge in [-0.2, -0.15) is 0 Å². The highest BCUT2D eigenvalue weighted by Crippen LogP contribution is 2.40. The number of fused-ring (bicyclic) bond motifs is 2. The van der Waals surface area contributed by atoms with Gasteiger partial charge in [-0.3, -0.25) is 15.1 Å². The smallest absolute Gasteiger partial charge is 0.410 e. The molecule has 2 aromatic carbocycles. The van der Waals surface area contributed by atoms with Crippen molar-refractivity contribution in [2.45, 2.75) is 45.9 Å². The fraction of sp³-hybridized carbons (Fsp3) is 0.296. The van der Waals surface area contributed by atoms with Crippen LogP contribution in [0.1, 0.15) is 38.5 Å². The number of rotatable bonds is 5. The van der Waals surface area contributed by atoms with Gasteiger partial charge in [0.05, 0.1) is 25.0 Å². The minimum atomic E-state index is -0.705. The van der Waals surface area contributed by atoms with E-state index in [-0.39, 0.29) is 26.1 Å². The summed E-state index contributed by atoms with van der Waals surface area (Å²) in [6, 6.07) is 15.2. The first-order chi connectivity index (χ1) is 18.1. The lowest BCUT2D eigenvalue weighted by Gasteiger charge is -2.27. The second kappa shape index (κ2) is 11.5. The molecule has 1 aliphatic rings. The molecule has 2 heterocycles. The number of halogens is 1. The molecule has 10 nitrogen and oxygen atoms in total. The van der Waals surface area contributed by atoms with E-state index in [0.717, 1.165) is 5.56 Å². The number of anilines is 1. The van der Waals surface area contributed by atoms with Gasteiger partial charge in [0.1, 0.15) is 17.1 Å². The largest absolute Gasteiger partial charge is 0.467 e. The molecular weight excluding hydrogens is 512 g/mol. The number of ether oxygens (including phenoxy) is 2. The van der Waals surface area contributed by atoms with Gasteiger partial charge >= 0.3 is 12.1 Å². The van der Waals surface area contributed by atoms with Crippen molar-refractivity contribution in [2.24, 2.45) is 0 Å². The van der Waals surface area contributed by atoms with Crippen LogP contribution >= 0.6 is 11.6 Å². The van der Waals surface area contributed by atoms with E-state index in [9.17, 15) is 14.4 Å². The summed E-state index contributed by atoms with van der Waals surface area (Å²) in [6.07, 6.45) is 0.833. The quantitative estimate of drug-likeness (QED) is 0.406. The van der Waals surface area contributed by atoms with Crippen LogP contribution in [0.25, 0.3) is 0 Å². The number of carbonyl (C=O) groups is 3. The van der Waals surface area contributed by atoms with Crippen molar-refractivity contribution in [3.05, 3.63) is 77.2 Å². The number of nitrogens with zero attached hydrogens (tertiary/aromatic N) is 2. The number of carbonyl (C=O) groups excluding carboxylic acids is 3. The molecule has 0 aliphatic carbocycles. The summed E-state index contributed by atoms with van der Waals surface area (Å²) in [7, 11) is 0. The van der Waals surface area contributed by atoms with Crippen LogP contribution in [0.5, 0.6) is 11.5 Å². The summed E-state index contributed by atoms with van der Waals surface area (Å²) in [5, 5.41) is 0.430. The van der Waals surface area contributed by atoms with Crippen LogP contribution in [0.3, 0.4) is 0 Å². The Hall–Kier alpha value is -4.18. The van der Waals surface area contributed by atoms with Gasteiger partial charge in [-0.1, -0.05) is 29.8 Å². The maximum absolute atomic E-state index is 13.2. The molecule has 0 spiro atoms. The Morgan fingerprint density at radius 1 is 1.05 bits per heavy atom. The van der Waals surface area contributed by atoms with Gasteiger partial charge in [0.25, 0.3) is 0 Å². The number of benzene rings is 2. The number of furan rings is 1. The van der Waals surface area contributed by atoms with Crippen molar-refractivity contribution in [3.63, 3.8) is 0 Å². The summed E-state index contributed by atoms with van der Waals surface area (Å²) in [6.45, 7) is 5.65. The number of nitrogens with one attached hydrogen (secondary N) is 2. The Morgan fingerprint density at radius 3 is 2.58 bits per heavy atom. The van der Waals surface area contributed by atoms with Crippen LogP contribution < -0.4 is 20.5 Å². The highest BCUT2D eigenvalue weighted by molar-refractivity contribution is 6.31. The van der Waals surface area contributed by atoms with Gasteiger partial charge in [-0.15, -0.1) is 0 Å². The average Bonchev–Trinajstić information content (AvgIpc) is 3.31. The summed E-state index contributed by atoms with van der Waals surface area (Å²) in [4.78, 5) is 41.3. The van der Waals surface area contributed by atoms with E-state index in [2.05, 4.69) is 10.9 Å². The number of para-hydroxylation sites is 1. The monoisotopic (exact) mass is 540 g/mol. The second-order valence-corrected chi connectivity index (χ2v) is 10.1. The van der Waals surface area contributed by atoms with Crippen molar-refractivity contribution in [3.8, 4) is 11.5 Å². The molecule has 0 atom stereocenters. The van der Waals surface area contributed by atoms with Gasteiger partial charge in [-0.05, 0) is 57.2 Å². The fourth-order valence-corrected chi connectivity index (χ4v) is 3.89. The molecule has 3 aromatic rings. The third kappa shape index (κ3) is 6.98. The molecule has 1 aliphatic heterocycles. The molecule has 0 fully saturated rings. The molecule has 0 saturated carbocycles. The van der Waals surface area contributed by atoms with E-state index < -0.39 is 23.6 Å². The minimum absolute atomic E-state index is 0.0423. The van der Waals surface area contributed by atoms with Crippen LogP contribution in [-0.4, -0.2) is 35.1 Å². The van der Waals surface area contributed by atoms with Crippen molar-refractivity contribution in [1.29, 1.82) is 0 Å². The summed E-state index contributed by atoms with van der Waals surface area (Å²) in [5.74, 6) is 1.12. The van der Waals surface area contributed by atoms with Crippen molar-refractivity contribution < 1.29 is 28.3 Å². The summed E-state index contributed by atoms with van der Waals surface area (Å²) in [5.41, 5.74) is 5.39. The zero-order valence-corrected chi connectivity index (χ0v) is 22.1. The Morgan fingerprint density at radius 2 is 1.84 bits per heavy atom. The van der Waals surface area contributed by atoms with Gasteiger partial charge in [-0.25, -0.2) is 15.0 Å². The minimum Gasteiger partial charge on any atom is -0.467 e. The van der Waals surface area contributed by atoms with Crippen LogP contribution in [0.4, 0.5) is 15.3 Å². The fourth-order valence-electron chi connectivity index (χ4n) is 3.72. The first kappa shape index (κ1) is 26.9. The Balaban J connectivity index is 1.39. The van der Waals surface area contributed by atoms with Crippen LogP contribution in [0.15, 0.2) is 65.3 Å². The van der Waals surface area contributed by atoms with Gasteiger partial charge in [0.2, 0.25) is 5.91 Å². The molecule has 0 radical (unpaired) electrons. The molecule has 4 rings (SSSR count). The number of amides is 4.